The van der Waals surface area contributed by atoms with E-state index >= 15 is 0 Å². The highest BCUT2D eigenvalue weighted by atomic mass is 32.2. The second-order valence-corrected chi connectivity index (χ2v) is 5.27. The Morgan fingerprint density at radius 2 is 2.06 bits per heavy atom. The van der Waals surface area contributed by atoms with Gasteiger partial charge in [0, 0.05) is 0 Å². The number of amides is 1. The van der Waals surface area contributed by atoms with Crippen LogP contribution in [0.4, 0.5) is 5.82 Å². The number of nitrogen functional groups attached to an aromatic ring is 1. The molecule has 5 nitrogen and oxygen atoms in total. The van der Waals surface area contributed by atoms with Crippen LogP contribution < -0.4 is 11.5 Å². The van der Waals surface area contributed by atoms with Crippen LogP contribution in [-0.4, -0.2) is 21.1 Å². The third-order valence-electron chi connectivity index (χ3n) is 1.96. The summed E-state index contributed by atoms with van der Waals surface area (Å²) < 4.78 is 0. The van der Waals surface area contributed by atoms with Gasteiger partial charge in [0.05, 0.1) is 11.4 Å². The van der Waals surface area contributed by atoms with Gasteiger partial charge in [0.2, 0.25) is 0 Å². The zero-order valence-corrected chi connectivity index (χ0v) is 10.5. The molecule has 1 aromatic rings. The van der Waals surface area contributed by atoms with Crippen molar-refractivity contribution in [3.63, 3.8) is 0 Å². The summed E-state index contributed by atoms with van der Waals surface area (Å²) in [5.41, 5.74) is 11.6. The predicted molar refractivity (Wildman–Crippen MR) is 66.1 cm³/mol. The minimum atomic E-state index is -0.585. The summed E-state index contributed by atoms with van der Waals surface area (Å²) in [7, 11) is 0. The molecule has 1 rings (SSSR count). The quantitative estimate of drug-likeness (QED) is 0.822. The van der Waals surface area contributed by atoms with Crippen LogP contribution >= 0.6 is 11.8 Å². The van der Waals surface area contributed by atoms with E-state index in [0.29, 0.717) is 22.5 Å². The molecule has 16 heavy (non-hydrogen) atoms. The lowest BCUT2D eigenvalue weighted by Crippen LogP contribution is -2.18. The molecule has 0 saturated heterocycles. The molecule has 1 heterocycles. The molecular weight excluding hydrogens is 224 g/mol. The molecule has 1 aromatic heterocycles. The fourth-order valence-electron chi connectivity index (χ4n) is 1.27. The lowest BCUT2D eigenvalue weighted by Gasteiger charge is -2.08. The first-order chi connectivity index (χ1) is 7.41. The van der Waals surface area contributed by atoms with Crippen molar-refractivity contribution < 1.29 is 4.79 Å². The molecular formula is C10H16N4OS. The van der Waals surface area contributed by atoms with E-state index in [1.807, 2.05) is 0 Å². The van der Waals surface area contributed by atoms with Crippen molar-refractivity contribution in [1.29, 1.82) is 0 Å². The summed E-state index contributed by atoms with van der Waals surface area (Å²) in [5, 5.41) is 0.501. The van der Waals surface area contributed by atoms with Crippen molar-refractivity contribution in [3.05, 3.63) is 17.1 Å². The van der Waals surface area contributed by atoms with Gasteiger partial charge in [-0.2, -0.15) is 11.8 Å². The third-order valence-corrected chi connectivity index (χ3v) is 3.05. The maximum absolute atomic E-state index is 11.1. The van der Waals surface area contributed by atoms with Crippen LogP contribution in [0, 0.1) is 6.92 Å². The highest BCUT2D eigenvalue weighted by molar-refractivity contribution is 7.99. The Morgan fingerprint density at radius 1 is 1.44 bits per heavy atom. The van der Waals surface area contributed by atoms with Gasteiger partial charge in [-0.15, -0.1) is 0 Å². The van der Waals surface area contributed by atoms with Gasteiger partial charge in [0.25, 0.3) is 5.91 Å². The molecule has 0 aliphatic rings. The Hall–Kier alpha value is -1.30. The lowest BCUT2D eigenvalue weighted by molar-refractivity contribution is 0.1000. The van der Waals surface area contributed by atoms with Gasteiger partial charge < -0.3 is 11.5 Å². The second-order valence-electron chi connectivity index (χ2n) is 3.71. The smallest absolute Gasteiger partial charge is 0.254 e. The van der Waals surface area contributed by atoms with Crippen LogP contribution in [-0.2, 0) is 5.75 Å². The SMILES string of the molecule is Cc1nc(CSC(C)C)nc(N)c1C(N)=O. The van der Waals surface area contributed by atoms with Crippen molar-refractivity contribution in [2.45, 2.75) is 31.8 Å². The zero-order valence-electron chi connectivity index (χ0n) is 9.65. The van der Waals surface area contributed by atoms with Crippen molar-refractivity contribution in [2.24, 2.45) is 5.73 Å². The monoisotopic (exact) mass is 240 g/mol. The number of carbonyl (C=O) groups is 1. The number of carbonyl (C=O) groups excluding carboxylic acids is 1. The highest BCUT2D eigenvalue weighted by Gasteiger charge is 2.14. The number of aromatic nitrogens is 2. The van der Waals surface area contributed by atoms with E-state index in [9.17, 15) is 4.79 Å². The van der Waals surface area contributed by atoms with Gasteiger partial charge in [0.15, 0.2) is 0 Å². The molecule has 0 aliphatic heterocycles. The molecule has 0 bridgehead atoms. The minimum absolute atomic E-state index is 0.166. The van der Waals surface area contributed by atoms with Crippen LogP contribution in [0.15, 0.2) is 0 Å². The Bertz CT molecular complexity index is 383. The van der Waals surface area contributed by atoms with E-state index in [-0.39, 0.29) is 11.4 Å². The molecule has 0 unspecified atom stereocenters. The summed E-state index contributed by atoms with van der Waals surface area (Å²) in [6.07, 6.45) is 0. The van der Waals surface area contributed by atoms with Crippen LogP contribution in [0.25, 0.3) is 0 Å². The number of rotatable bonds is 4. The van der Waals surface area contributed by atoms with Gasteiger partial charge in [-0.05, 0) is 12.2 Å². The molecule has 0 aromatic carbocycles. The first-order valence-corrected chi connectivity index (χ1v) is 6.01. The van der Waals surface area contributed by atoms with E-state index in [1.165, 1.54) is 0 Å². The summed E-state index contributed by atoms with van der Waals surface area (Å²) in [5.74, 6) is 0.901. The van der Waals surface area contributed by atoms with Gasteiger partial charge in [0.1, 0.15) is 17.2 Å². The van der Waals surface area contributed by atoms with E-state index in [1.54, 1.807) is 18.7 Å². The van der Waals surface area contributed by atoms with Gasteiger partial charge in [-0.3, -0.25) is 4.79 Å². The number of hydrogen-bond donors (Lipinski definition) is 2. The molecule has 0 spiro atoms. The van der Waals surface area contributed by atoms with E-state index in [4.69, 9.17) is 11.5 Å². The van der Waals surface area contributed by atoms with Crippen LogP contribution in [0.3, 0.4) is 0 Å². The Labute approximate surface area is 99.0 Å². The molecule has 6 heteroatoms. The number of anilines is 1. The summed E-state index contributed by atoms with van der Waals surface area (Å²) in [6.45, 7) is 5.90. The maximum Gasteiger partial charge on any atom is 0.254 e. The number of hydrogen-bond acceptors (Lipinski definition) is 5. The maximum atomic E-state index is 11.1. The topological polar surface area (TPSA) is 94.9 Å². The standard InChI is InChI=1S/C10H16N4OS/c1-5(2)16-4-7-13-6(3)8(10(12)15)9(11)14-7/h5H,4H2,1-3H3,(H2,12,15)(H2,11,13,14). The number of nitrogens with zero attached hydrogens (tertiary/aromatic N) is 2. The number of aryl methyl sites for hydroxylation is 1. The average Bonchev–Trinajstić information content (AvgIpc) is 2.12. The van der Waals surface area contributed by atoms with Gasteiger partial charge in [-0.1, -0.05) is 13.8 Å². The molecule has 0 radical (unpaired) electrons. The van der Waals surface area contributed by atoms with Crippen molar-refractivity contribution in [1.82, 2.24) is 9.97 Å². The second kappa shape index (κ2) is 5.16. The van der Waals surface area contributed by atoms with E-state index in [2.05, 4.69) is 23.8 Å². The first kappa shape index (κ1) is 12.8. The summed E-state index contributed by atoms with van der Waals surface area (Å²) >= 11 is 1.72. The van der Waals surface area contributed by atoms with E-state index < -0.39 is 5.91 Å². The van der Waals surface area contributed by atoms with Crippen molar-refractivity contribution in [2.75, 3.05) is 5.73 Å². The third kappa shape index (κ3) is 3.10. The average molecular weight is 240 g/mol. The minimum Gasteiger partial charge on any atom is -0.383 e. The Balaban J connectivity index is 2.96. The largest absolute Gasteiger partial charge is 0.383 e. The summed E-state index contributed by atoms with van der Waals surface area (Å²) in [4.78, 5) is 19.4. The Morgan fingerprint density at radius 3 is 2.50 bits per heavy atom. The molecule has 0 fully saturated rings. The predicted octanol–water partition coefficient (Wildman–Crippen LogP) is 1.11. The number of nitrogens with two attached hydrogens (primary N) is 2. The van der Waals surface area contributed by atoms with Crippen LogP contribution in [0.1, 0.15) is 35.7 Å². The normalized spacial score (nSPS) is 10.8. The van der Waals surface area contributed by atoms with Gasteiger partial charge >= 0.3 is 0 Å². The molecule has 88 valence electrons. The van der Waals surface area contributed by atoms with Crippen molar-refractivity contribution in [3.8, 4) is 0 Å². The molecule has 0 saturated carbocycles. The number of thioether (sulfide) groups is 1. The molecule has 1 amide bonds. The van der Waals surface area contributed by atoms with Crippen molar-refractivity contribution >= 4 is 23.5 Å². The first-order valence-electron chi connectivity index (χ1n) is 4.96. The van der Waals surface area contributed by atoms with Gasteiger partial charge in [-0.25, -0.2) is 9.97 Å². The molecule has 0 atom stereocenters. The van der Waals surface area contributed by atoms with Crippen LogP contribution in [0.5, 0.6) is 0 Å². The number of primary amides is 1. The fraction of sp³-hybridized carbons (Fsp3) is 0.500. The van der Waals surface area contributed by atoms with E-state index in [0.717, 1.165) is 0 Å². The Kier molecular flexibility index (Phi) is 4.12. The zero-order chi connectivity index (χ0) is 12.3. The fourth-order valence-corrected chi connectivity index (χ4v) is 1.88. The molecule has 4 N–H and O–H groups in total. The highest BCUT2D eigenvalue weighted by Crippen LogP contribution is 2.18. The molecule has 0 aliphatic carbocycles. The van der Waals surface area contributed by atoms with Crippen LogP contribution in [0.2, 0.25) is 0 Å². The lowest BCUT2D eigenvalue weighted by atomic mass is 10.2. The summed E-state index contributed by atoms with van der Waals surface area (Å²) in [6, 6.07) is 0.